The summed E-state index contributed by atoms with van der Waals surface area (Å²) < 4.78 is 40.8. The number of carbonyl (C=O) groups excluding carboxylic acids is 1. The number of hydrogen-bond acceptors (Lipinski definition) is 3. The number of ether oxygens (including phenoxy) is 1. The van der Waals surface area contributed by atoms with Gasteiger partial charge in [-0.2, -0.15) is 13.2 Å². The molecule has 0 unspecified atom stereocenters. The van der Waals surface area contributed by atoms with Gasteiger partial charge >= 0.3 is 6.18 Å². The minimum Gasteiger partial charge on any atom is -0.497 e. The Balaban J connectivity index is 2.44. The lowest BCUT2D eigenvalue weighted by molar-refractivity contribution is -0.128. The van der Waals surface area contributed by atoms with Gasteiger partial charge in [0, 0.05) is 0 Å². The Labute approximate surface area is 115 Å². The molecule has 0 saturated heterocycles. The topological polar surface area (TPSA) is 50.4 Å². The van der Waals surface area contributed by atoms with Gasteiger partial charge in [-0.3, -0.25) is 4.79 Å². The molecule has 0 aromatic heterocycles. The third-order valence-corrected chi connectivity index (χ3v) is 2.58. The second-order valence-corrected chi connectivity index (χ2v) is 4.28. The van der Waals surface area contributed by atoms with Crippen molar-refractivity contribution in [3.8, 4) is 5.75 Å². The summed E-state index contributed by atoms with van der Waals surface area (Å²) in [6, 6.07) is 6.79. The van der Waals surface area contributed by atoms with Crippen molar-refractivity contribution < 1.29 is 22.7 Å². The zero-order valence-electron chi connectivity index (χ0n) is 11.3. The number of rotatable bonds is 6. The van der Waals surface area contributed by atoms with Crippen LogP contribution in [0.2, 0.25) is 0 Å². The predicted molar refractivity (Wildman–Crippen MR) is 68.5 cm³/mol. The van der Waals surface area contributed by atoms with Crippen LogP contribution in [0.3, 0.4) is 0 Å². The summed E-state index contributed by atoms with van der Waals surface area (Å²) in [5.74, 6) is 0.156. The zero-order chi connectivity index (χ0) is 15.2. The molecule has 0 radical (unpaired) electrons. The molecule has 7 heteroatoms. The van der Waals surface area contributed by atoms with Crippen LogP contribution < -0.4 is 15.4 Å². The molecule has 1 rings (SSSR count). The number of nitrogens with one attached hydrogen (secondary N) is 2. The normalized spacial score (nSPS) is 12.8. The van der Waals surface area contributed by atoms with E-state index in [1.807, 2.05) is 5.32 Å². The van der Waals surface area contributed by atoms with Gasteiger partial charge in [-0.15, -0.1) is 0 Å². The highest BCUT2D eigenvalue weighted by Gasteiger charge is 2.26. The molecule has 2 N–H and O–H groups in total. The molecular formula is C13H17F3N2O2. The van der Waals surface area contributed by atoms with Crippen LogP contribution in [0.25, 0.3) is 0 Å². The Morgan fingerprint density at radius 3 is 2.70 bits per heavy atom. The molecule has 0 aliphatic carbocycles. The largest absolute Gasteiger partial charge is 0.497 e. The fraction of sp³-hybridized carbons (Fsp3) is 0.462. The fourth-order valence-corrected chi connectivity index (χ4v) is 1.60. The van der Waals surface area contributed by atoms with Gasteiger partial charge in [0.25, 0.3) is 0 Å². The van der Waals surface area contributed by atoms with E-state index in [0.717, 1.165) is 5.56 Å². The summed E-state index contributed by atoms with van der Waals surface area (Å²) in [5.41, 5.74) is 0.813. The van der Waals surface area contributed by atoms with Crippen molar-refractivity contribution in [2.75, 3.05) is 20.2 Å². The maximum atomic E-state index is 11.9. The zero-order valence-corrected chi connectivity index (χ0v) is 11.3. The van der Waals surface area contributed by atoms with Gasteiger partial charge in [-0.25, -0.2) is 0 Å². The van der Waals surface area contributed by atoms with Crippen molar-refractivity contribution in [1.29, 1.82) is 0 Å². The SMILES string of the molecule is COc1cccc([C@H](C)NC(=O)CNCC(F)(F)F)c1. The van der Waals surface area contributed by atoms with Crippen LogP contribution in [0.15, 0.2) is 24.3 Å². The molecule has 1 aromatic rings. The van der Waals surface area contributed by atoms with Crippen molar-refractivity contribution in [1.82, 2.24) is 10.6 Å². The number of alkyl halides is 3. The summed E-state index contributed by atoms with van der Waals surface area (Å²) in [7, 11) is 1.53. The van der Waals surface area contributed by atoms with E-state index < -0.39 is 18.6 Å². The molecule has 0 fully saturated rings. The van der Waals surface area contributed by atoms with Crippen LogP contribution in [0, 0.1) is 0 Å². The smallest absolute Gasteiger partial charge is 0.401 e. The van der Waals surface area contributed by atoms with Gasteiger partial charge in [0.2, 0.25) is 5.91 Å². The maximum Gasteiger partial charge on any atom is 0.401 e. The molecule has 1 amide bonds. The van der Waals surface area contributed by atoms with Crippen molar-refractivity contribution >= 4 is 5.91 Å². The van der Waals surface area contributed by atoms with E-state index in [2.05, 4.69) is 5.32 Å². The lowest BCUT2D eigenvalue weighted by atomic mass is 10.1. The second kappa shape index (κ2) is 7.14. The average molecular weight is 290 g/mol. The Morgan fingerprint density at radius 2 is 2.10 bits per heavy atom. The van der Waals surface area contributed by atoms with E-state index in [4.69, 9.17) is 4.74 Å². The minimum absolute atomic E-state index is 0.315. The number of methoxy groups -OCH3 is 1. The van der Waals surface area contributed by atoms with Gasteiger partial charge in [0.05, 0.1) is 26.2 Å². The lowest BCUT2D eigenvalue weighted by Crippen LogP contribution is -2.39. The molecule has 4 nitrogen and oxygen atoms in total. The highest BCUT2D eigenvalue weighted by molar-refractivity contribution is 5.78. The molecule has 1 atom stereocenters. The monoisotopic (exact) mass is 290 g/mol. The van der Waals surface area contributed by atoms with Crippen LogP contribution in [0.1, 0.15) is 18.5 Å². The van der Waals surface area contributed by atoms with Gasteiger partial charge in [0.15, 0.2) is 0 Å². The quantitative estimate of drug-likeness (QED) is 0.843. The number of benzene rings is 1. The summed E-state index contributed by atoms with van der Waals surface area (Å²) >= 11 is 0. The average Bonchev–Trinajstić information content (AvgIpc) is 2.37. The molecule has 0 aliphatic heterocycles. The van der Waals surface area contributed by atoms with E-state index in [-0.39, 0.29) is 12.6 Å². The second-order valence-electron chi connectivity index (χ2n) is 4.28. The van der Waals surface area contributed by atoms with Crippen molar-refractivity contribution in [3.63, 3.8) is 0 Å². The van der Waals surface area contributed by atoms with E-state index in [1.165, 1.54) is 7.11 Å². The highest BCUT2D eigenvalue weighted by atomic mass is 19.4. The summed E-state index contributed by atoms with van der Waals surface area (Å²) in [5, 5.41) is 4.65. The number of amides is 1. The van der Waals surface area contributed by atoms with E-state index in [9.17, 15) is 18.0 Å². The molecule has 0 heterocycles. The Hall–Kier alpha value is -1.76. The molecule has 0 spiro atoms. The fourth-order valence-electron chi connectivity index (χ4n) is 1.60. The van der Waals surface area contributed by atoms with Crippen LogP contribution in [0.5, 0.6) is 5.75 Å². The molecule has 1 aromatic carbocycles. The van der Waals surface area contributed by atoms with Crippen LogP contribution >= 0.6 is 0 Å². The first-order valence-corrected chi connectivity index (χ1v) is 6.02. The number of halogens is 3. The van der Waals surface area contributed by atoms with Crippen LogP contribution in [0.4, 0.5) is 13.2 Å². The first-order chi connectivity index (χ1) is 9.31. The van der Waals surface area contributed by atoms with Gasteiger partial charge in [0.1, 0.15) is 5.75 Å². The summed E-state index contributed by atoms with van der Waals surface area (Å²) in [4.78, 5) is 11.5. The standard InChI is InChI=1S/C13H17F3N2O2/c1-9(10-4-3-5-11(6-10)20-2)18-12(19)7-17-8-13(14,15)16/h3-6,9,17H,7-8H2,1-2H3,(H,18,19)/t9-/m0/s1. The van der Waals surface area contributed by atoms with Crippen molar-refractivity contribution in [2.45, 2.75) is 19.1 Å². The molecule has 0 aliphatic rings. The van der Waals surface area contributed by atoms with Crippen molar-refractivity contribution in [3.05, 3.63) is 29.8 Å². The van der Waals surface area contributed by atoms with Gasteiger partial charge in [-0.1, -0.05) is 12.1 Å². The van der Waals surface area contributed by atoms with Gasteiger partial charge in [-0.05, 0) is 24.6 Å². The first kappa shape index (κ1) is 16.3. The van der Waals surface area contributed by atoms with E-state index in [0.29, 0.717) is 5.75 Å². The Morgan fingerprint density at radius 1 is 1.40 bits per heavy atom. The van der Waals surface area contributed by atoms with Crippen molar-refractivity contribution in [2.24, 2.45) is 0 Å². The lowest BCUT2D eigenvalue weighted by Gasteiger charge is -2.15. The number of hydrogen-bond donors (Lipinski definition) is 2. The maximum absolute atomic E-state index is 11.9. The Bertz CT molecular complexity index is 449. The summed E-state index contributed by atoms with van der Waals surface area (Å²) in [6.45, 7) is 0.179. The molecule has 0 saturated carbocycles. The van der Waals surface area contributed by atoms with Crippen LogP contribution in [-0.4, -0.2) is 32.3 Å². The third-order valence-electron chi connectivity index (χ3n) is 2.58. The van der Waals surface area contributed by atoms with Crippen LogP contribution in [-0.2, 0) is 4.79 Å². The molecular weight excluding hydrogens is 273 g/mol. The summed E-state index contributed by atoms with van der Waals surface area (Å²) in [6.07, 6.45) is -4.32. The Kier molecular flexibility index (Phi) is 5.82. The van der Waals surface area contributed by atoms with Gasteiger partial charge < -0.3 is 15.4 Å². The highest BCUT2D eigenvalue weighted by Crippen LogP contribution is 2.18. The van der Waals surface area contributed by atoms with E-state index >= 15 is 0 Å². The molecule has 112 valence electrons. The molecule has 0 bridgehead atoms. The number of carbonyl (C=O) groups is 1. The first-order valence-electron chi connectivity index (χ1n) is 6.02. The molecule has 20 heavy (non-hydrogen) atoms. The predicted octanol–water partition coefficient (Wildman–Crippen LogP) is 2.02. The third kappa shape index (κ3) is 5.92. The van der Waals surface area contributed by atoms with E-state index in [1.54, 1.807) is 31.2 Å². The minimum atomic E-state index is -4.32.